The predicted octanol–water partition coefficient (Wildman–Crippen LogP) is 4.45. The van der Waals surface area contributed by atoms with Gasteiger partial charge in [0.2, 0.25) is 0 Å². The Morgan fingerprint density at radius 2 is 1.58 bits per heavy atom. The van der Waals surface area contributed by atoms with Crippen molar-refractivity contribution in [2.24, 2.45) is 0 Å². The summed E-state index contributed by atoms with van der Waals surface area (Å²) in [5, 5.41) is 0. The minimum Gasteiger partial charge on any atom is -0.491 e. The summed E-state index contributed by atoms with van der Waals surface area (Å²) in [4.78, 5) is 0. The average Bonchev–Trinajstić information content (AvgIpc) is 2.30. The molecule has 2 aromatic rings. The third-order valence-corrected chi connectivity index (χ3v) is 3.04. The lowest BCUT2D eigenvalue weighted by atomic mass is 10.2. The van der Waals surface area contributed by atoms with Gasteiger partial charge in [-0.1, -0.05) is 0 Å². The summed E-state index contributed by atoms with van der Waals surface area (Å²) in [5.41, 5.74) is 6.48. The van der Waals surface area contributed by atoms with Crippen molar-refractivity contribution in [3.05, 3.63) is 46.0 Å². The molecule has 0 aromatic heterocycles. The zero-order chi connectivity index (χ0) is 13.8. The molecule has 0 atom stereocenters. The lowest BCUT2D eigenvalue weighted by molar-refractivity contribution is 0.242. The minimum absolute atomic E-state index is 0.105. The van der Waals surface area contributed by atoms with E-state index in [2.05, 4.69) is 22.6 Å². The number of rotatable bonds is 4. The van der Waals surface area contributed by atoms with E-state index >= 15 is 0 Å². The smallest absolute Gasteiger partial charge is 0.133 e. The van der Waals surface area contributed by atoms with Gasteiger partial charge in [0, 0.05) is 27.5 Å². The number of anilines is 1. The second-order valence-corrected chi connectivity index (χ2v) is 5.71. The van der Waals surface area contributed by atoms with Gasteiger partial charge in [-0.05, 0) is 60.7 Å². The van der Waals surface area contributed by atoms with Gasteiger partial charge in [-0.25, -0.2) is 0 Å². The lowest BCUT2D eigenvalue weighted by Crippen LogP contribution is -2.05. The van der Waals surface area contributed by atoms with Crippen molar-refractivity contribution < 1.29 is 9.47 Å². The van der Waals surface area contributed by atoms with Crippen LogP contribution in [0.25, 0.3) is 0 Å². The number of benzene rings is 2. The van der Waals surface area contributed by atoms with Crippen LogP contribution in [-0.2, 0) is 0 Å². The van der Waals surface area contributed by atoms with Crippen molar-refractivity contribution in [2.45, 2.75) is 20.0 Å². The van der Waals surface area contributed by atoms with Crippen LogP contribution in [0.1, 0.15) is 13.8 Å². The monoisotopic (exact) mass is 369 g/mol. The van der Waals surface area contributed by atoms with Gasteiger partial charge in [0.15, 0.2) is 0 Å². The highest BCUT2D eigenvalue weighted by Gasteiger charge is 2.04. The van der Waals surface area contributed by atoms with Crippen molar-refractivity contribution in [2.75, 3.05) is 5.73 Å². The number of nitrogen functional groups attached to an aromatic ring is 1. The maximum atomic E-state index is 5.85. The Morgan fingerprint density at radius 1 is 0.947 bits per heavy atom. The summed E-state index contributed by atoms with van der Waals surface area (Å²) in [6.45, 7) is 3.95. The van der Waals surface area contributed by atoms with E-state index in [1.165, 1.54) is 3.57 Å². The summed E-state index contributed by atoms with van der Waals surface area (Å²) in [7, 11) is 0. The van der Waals surface area contributed by atoms with Crippen LogP contribution in [0.4, 0.5) is 5.69 Å². The summed E-state index contributed by atoms with van der Waals surface area (Å²) in [5.74, 6) is 2.17. The molecule has 0 amide bonds. The normalized spacial score (nSPS) is 10.5. The first kappa shape index (κ1) is 14.0. The van der Waals surface area contributed by atoms with Crippen LogP contribution in [0.2, 0.25) is 0 Å². The van der Waals surface area contributed by atoms with Gasteiger partial charge in [-0.2, -0.15) is 0 Å². The highest BCUT2D eigenvalue weighted by atomic mass is 127. The number of nitrogens with two attached hydrogens (primary N) is 1. The highest BCUT2D eigenvalue weighted by molar-refractivity contribution is 14.1. The molecule has 100 valence electrons. The Labute approximate surface area is 126 Å². The molecule has 2 N–H and O–H groups in total. The SMILES string of the molecule is CC(C)Oc1cc(N)cc(Oc2ccc(I)cc2)c1. The molecule has 0 aliphatic carbocycles. The third-order valence-electron chi connectivity index (χ3n) is 2.32. The highest BCUT2D eigenvalue weighted by Crippen LogP contribution is 2.29. The van der Waals surface area contributed by atoms with Crippen LogP contribution < -0.4 is 15.2 Å². The van der Waals surface area contributed by atoms with Crippen molar-refractivity contribution >= 4 is 28.3 Å². The Morgan fingerprint density at radius 3 is 2.21 bits per heavy atom. The van der Waals surface area contributed by atoms with E-state index in [0.29, 0.717) is 11.4 Å². The molecule has 2 aromatic carbocycles. The van der Waals surface area contributed by atoms with Gasteiger partial charge in [0.05, 0.1) is 6.10 Å². The second kappa shape index (κ2) is 6.14. The fourth-order valence-electron chi connectivity index (χ4n) is 1.63. The third kappa shape index (κ3) is 4.31. The van der Waals surface area contributed by atoms with Gasteiger partial charge in [0.1, 0.15) is 17.2 Å². The zero-order valence-electron chi connectivity index (χ0n) is 10.9. The quantitative estimate of drug-likeness (QED) is 0.640. The van der Waals surface area contributed by atoms with Crippen molar-refractivity contribution in [3.8, 4) is 17.2 Å². The van der Waals surface area contributed by atoms with Crippen LogP contribution >= 0.6 is 22.6 Å². The standard InChI is InChI=1S/C15H16INO2/c1-10(2)18-14-7-12(17)8-15(9-14)19-13-5-3-11(16)4-6-13/h3-10H,17H2,1-2H3. The Balaban J connectivity index is 2.19. The molecule has 4 heteroatoms. The first-order chi connectivity index (χ1) is 9.02. The van der Waals surface area contributed by atoms with Crippen LogP contribution in [0, 0.1) is 3.57 Å². The molecule has 19 heavy (non-hydrogen) atoms. The van der Waals surface area contributed by atoms with Crippen LogP contribution in [-0.4, -0.2) is 6.10 Å². The minimum atomic E-state index is 0.105. The first-order valence-corrected chi connectivity index (χ1v) is 7.11. The largest absolute Gasteiger partial charge is 0.491 e. The van der Waals surface area contributed by atoms with E-state index in [-0.39, 0.29) is 6.10 Å². The topological polar surface area (TPSA) is 44.5 Å². The van der Waals surface area contributed by atoms with Crippen molar-refractivity contribution in [1.29, 1.82) is 0 Å². The van der Waals surface area contributed by atoms with Crippen LogP contribution in [0.5, 0.6) is 17.2 Å². The molecule has 2 rings (SSSR count). The van der Waals surface area contributed by atoms with E-state index in [1.54, 1.807) is 12.1 Å². The van der Waals surface area contributed by atoms with Crippen LogP contribution in [0.3, 0.4) is 0 Å². The fourth-order valence-corrected chi connectivity index (χ4v) is 1.99. The summed E-state index contributed by atoms with van der Waals surface area (Å²) in [6.07, 6.45) is 0.105. The summed E-state index contributed by atoms with van der Waals surface area (Å²) >= 11 is 2.26. The predicted molar refractivity (Wildman–Crippen MR) is 85.9 cm³/mol. The maximum Gasteiger partial charge on any atom is 0.133 e. The number of halogens is 1. The molecule has 0 unspecified atom stereocenters. The van der Waals surface area contributed by atoms with Gasteiger partial charge < -0.3 is 15.2 Å². The Bertz CT molecular complexity index is 553. The van der Waals surface area contributed by atoms with Crippen LogP contribution in [0.15, 0.2) is 42.5 Å². The molecule has 0 fully saturated rings. The maximum absolute atomic E-state index is 5.85. The molecule has 3 nitrogen and oxygen atoms in total. The van der Waals surface area contributed by atoms with Gasteiger partial charge in [0.25, 0.3) is 0 Å². The molecule has 0 bridgehead atoms. The van der Waals surface area contributed by atoms with Crippen molar-refractivity contribution in [1.82, 2.24) is 0 Å². The molecule has 0 aliphatic rings. The van der Waals surface area contributed by atoms with E-state index in [1.807, 2.05) is 44.2 Å². The Hall–Kier alpha value is -1.43. The molecular weight excluding hydrogens is 353 g/mol. The molecular formula is C15H16INO2. The van der Waals surface area contributed by atoms with E-state index < -0.39 is 0 Å². The second-order valence-electron chi connectivity index (χ2n) is 4.46. The molecule has 0 aliphatic heterocycles. The molecule has 0 saturated heterocycles. The van der Waals surface area contributed by atoms with Gasteiger partial charge in [-0.3, -0.25) is 0 Å². The number of hydrogen-bond acceptors (Lipinski definition) is 3. The zero-order valence-corrected chi connectivity index (χ0v) is 13.0. The summed E-state index contributed by atoms with van der Waals surface area (Å²) < 4.78 is 12.6. The molecule has 0 radical (unpaired) electrons. The Kier molecular flexibility index (Phi) is 4.52. The fraction of sp³-hybridized carbons (Fsp3) is 0.200. The van der Waals surface area contributed by atoms with Gasteiger partial charge in [-0.15, -0.1) is 0 Å². The average molecular weight is 369 g/mol. The molecule has 0 saturated carbocycles. The van der Waals surface area contributed by atoms with Crippen molar-refractivity contribution in [3.63, 3.8) is 0 Å². The molecule has 0 spiro atoms. The van der Waals surface area contributed by atoms with E-state index in [9.17, 15) is 0 Å². The van der Waals surface area contributed by atoms with E-state index in [0.717, 1.165) is 11.5 Å². The number of hydrogen-bond donors (Lipinski definition) is 1. The molecule has 0 heterocycles. The first-order valence-electron chi connectivity index (χ1n) is 6.03. The lowest BCUT2D eigenvalue weighted by Gasteiger charge is -2.12. The number of ether oxygens (including phenoxy) is 2. The van der Waals surface area contributed by atoms with Gasteiger partial charge >= 0.3 is 0 Å². The summed E-state index contributed by atoms with van der Waals surface area (Å²) in [6, 6.07) is 13.3. The van der Waals surface area contributed by atoms with E-state index in [4.69, 9.17) is 15.2 Å².